The van der Waals surface area contributed by atoms with Crippen LogP contribution in [0, 0.1) is 5.92 Å². The molecule has 18 heavy (non-hydrogen) atoms. The molecule has 1 aromatic carbocycles. The van der Waals surface area contributed by atoms with Crippen molar-refractivity contribution in [2.24, 2.45) is 5.92 Å². The lowest BCUT2D eigenvalue weighted by molar-refractivity contribution is -0.148. The Morgan fingerprint density at radius 2 is 2.22 bits per heavy atom. The first-order valence-electron chi connectivity index (χ1n) is 5.97. The first-order chi connectivity index (χ1) is 8.56. The van der Waals surface area contributed by atoms with Crippen molar-refractivity contribution in [1.29, 1.82) is 0 Å². The lowest BCUT2D eigenvalue weighted by Crippen LogP contribution is -2.46. The number of aromatic hydroxyl groups is 1. The quantitative estimate of drug-likeness (QED) is 0.735. The number of carbonyl (C=O) groups is 1. The van der Waals surface area contributed by atoms with Crippen LogP contribution in [0.3, 0.4) is 0 Å². The molecule has 0 bridgehead atoms. The van der Waals surface area contributed by atoms with Crippen LogP contribution in [0.2, 0.25) is 0 Å². The second-order valence-corrected chi connectivity index (χ2v) is 4.71. The zero-order valence-electron chi connectivity index (χ0n) is 9.99. The molecule has 0 amide bonds. The van der Waals surface area contributed by atoms with Crippen LogP contribution in [0.4, 0.5) is 0 Å². The molecule has 5 nitrogen and oxygen atoms in total. The van der Waals surface area contributed by atoms with Gasteiger partial charge in [0.1, 0.15) is 5.75 Å². The minimum Gasteiger partial charge on any atom is -0.508 e. The average molecular weight is 251 g/mol. The molecule has 0 aromatic heterocycles. The van der Waals surface area contributed by atoms with E-state index in [0.717, 1.165) is 5.56 Å². The van der Waals surface area contributed by atoms with Crippen LogP contribution in [0.15, 0.2) is 24.3 Å². The SMILES string of the molecule is O=C(O)[C@H]1CCN(Cc2cccc(O)c2)C[C@H]1O. The number of aliphatic hydroxyl groups is 1. The third-order valence-corrected chi connectivity index (χ3v) is 3.30. The first-order valence-corrected chi connectivity index (χ1v) is 5.97. The zero-order valence-corrected chi connectivity index (χ0v) is 9.99. The van der Waals surface area contributed by atoms with Gasteiger partial charge in [-0.15, -0.1) is 0 Å². The Morgan fingerprint density at radius 3 is 2.83 bits per heavy atom. The minimum absolute atomic E-state index is 0.216. The monoisotopic (exact) mass is 251 g/mol. The van der Waals surface area contributed by atoms with Crippen molar-refractivity contribution in [2.75, 3.05) is 13.1 Å². The van der Waals surface area contributed by atoms with Gasteiger partial charge in [-0.2, -0.15) is 0 Å². The molecule has 1 aromatic rings. The van der Waals surface area contributed by atoms with E-state index in [1.165, 1.54) is 0 Å². The Hall–Kier alpha value is -1.59. The molecule has 98 valence electrons. The molecule has 0 unspecified atom stereocenters. The van der Waals surface area contributed by atoms with Gasteiger partial charge < -0.3 is 15.3 Å². The summed E-state index contributed by atoms with van der Waals surface area (Å²) in [5.74, 6) is -1.38. The number of hydrogen-bond acceptors (Lipinski definition) is 4. The van der Waals surface area contributed by atoms with Gasteiger partial charge in [0.2, 0.25) is 0 Å². The lowest BCUT2D eigenvalue weighted by Gasteiger charge is -2.33. The maximum atomic E-state index is 10.9. The normalized spacial score (nSPS) is 24.9. The third-order valence-electron chi connectivity index (χ3n) is 3.30. The van der Waals surface area contributed by atoms with E-state index in [4.69, 9.17) is 5.11 Å². The standard InChI is InChI=1S/C13H17NO4/c15-10-3-1-2-9(6-10)7-14-5-4-11(13(17)18)12(16)8-14/h1-3,6,11-12,15-16H,4-5,7-8H2,(H,17,18)/t11-,12+/m0/s1. The molecule has 1 fully saturated rings. The summed E-state index contributed by atoms with van der Waals surface area (Å²) in [6.07, 6.45) is -0.372. The van der Waals surface area contributed by atoms with Crippen LogP contribution in [-0.4, -0.2) is 45.4 Å². The van der Waals surface area contributed by atoms with Crippen LogP contribution in [0.25, 0.3) is 0 Å². The Bertz CT molecular complexity index is 435. The summed E-state index contributed by atoms with van der Waals surface area (Å²) in [6, 6.07) is 6.95. The highest BCUT2D eigenvalue weighted by atomic mass is 16.4. The van der Waals surface area contributed by atoms with E-state index in [9.17, 15) is 15.0 Å². The number of β-amino-alcohol motifs (C(OH)–C–C–N with tert-alkyl or cyclic N) is 1. The Morgan fingerprint density at radius 1 is 1.44 bits per heavy atom. The van der Waals surface area contributed by atoms with Gasteiger partial charge in [0.05, 0.1) is 12.0 Å². The van der Waals surface area contributed by atoms with Crippen molar-refractivity contribution in [1.82, 2.24) is 4.90 Å². The van der Waals surface area contributed by atoms with Crippen molar-refractivity contribution >= 4 is 5.97 Å². The van der Waals surface area contributed by atoms with Crippen LogP contribution in [0.5, 0.6) is 5.75 Å². The summed E-state index contributed by atoms with van der Waals surface area (Å²) >= 11 is 0. The van der Waals surface area contributed by atoms with Crippen LogP contribution < -0.4 is 0 Å². The number of aliphatic hydroxyl groups excluding tert-OH is 1. The molecule has 2 atom stereocenters. The van der Waals surface area contributed by atoms with Gasteiger partial charge in [-0.1, -0.05) is 12.1 Å². The average Bonchev–Trinajstić information content (AvgIpc) is 2.28. The first kappa shape index (κ1) is 12.9. The molecule has 0 radical (unpaired) electrons. The molecule has 1 aliphatic rings. The number of hydrogen-bond donors (Lipinski definition) is 3. The number of nitrogens with zero attached hydrogens (tertiary/aromatic N) is 1. The second kappa shape index (κ2) is 5.37. The number of carboxylic acid groups (broad SMARTS) is 1. The van der Waals surface area contributed by atoms with Gasteiger partial charge in [-0.25, -0.2) is 0 Å². The summed E-state index contributed by atoms with van der Waals surface area (Å²) in [5.41, 5.74) is 0.955. The molecule has 3 N–H and O–H groups in total. The van der Waals surface area contributed by atoms with Crippen molar-refractivity contribution < 1.29 is 20.1 Å². The highest BCUT2D eigenvalue weighted by Gasteiger charge is 2.32. The van der Waals surface area contributed by atoms with Gasteiger partial charge >= 0.3 is 5.97 Å². The molecule has 5 heteroatoms. The number of rotatable bonds is 3. The Balaban J connectivity index is 1.95. The van der Waals surface area contributed by atoms with E-state index >= 15 is 0 Å². The van der Waals surface area contributed by atoms with E-state index in [0.29, 0.717) is 26.1 Å². The molecule has 2 rings (SSSR count). The van der Waals surface area contributed by atoms with Crippen molar-refractivity contribution in [3.63, 3.8) is 0 Å². The Labute approximate surface area is 105 Å². The number of likely N-dealkylation sites (tertiary alicyclic amines) is 1. The van der Waals surface area contributed by atoms with Gasteiger partial charge in [0.25, 0.3) is 0 Å². The van der Waals surface area contributed by atoms with E-state index in [1.54, 1.807) is 18.2 Å². The summed E-state index contributed by atoms with van der Waals surface area (Å²) in [4.78, 5) is 12.9. The smallest absolute Gasteiger partial charge is 0.309 e. The summed E-state index contributed by atoms with van der Waals surface area (Å²) in [6.45, 7) is 1.61. The predicted octanol–water partition coefficient (Wildman–Crippen LogP) is 0.660. The fourth-order valence-corrected chi connectivity index (χ4v) is 2.34. The fraction of sp³-hybridized carbons (Fsp3) is 0.462. The number of aliphatic carboxylic acids is 1. The maximum absolute atomic E-state index is 10.9. The molecule has 1 saturated heterocycles. The topological polar surface area (TPSA) is 81.0 Å². The molecule has 0 aliphatic carbocycles. The van der Waals surface area contributed by atoms with Gasteiger partial charge in [-0.05, 0) is 30.7 Å². The largest absolute Gasteiger partial charge is 0.508 e. The van der Waals surface area contributed by atoms with Gasteiger partial charge in [0, 0.05) is 13.1 Å². The molecule has 1 aliphatic heterocycles. The summed E-state index contributed by atoms with van der Waals surface area (Å²) < 4.78 is 0. The second-order valence-electron chi connectivity index (χ2n) is 4.71. The van der Waals surface area contributed by atoms with Crippen molar-refractivity contribution in [3.05, 3.63) is 29.8 Å². The van der Waals surface area contributed by atoms with Crippen molar-refractivity contribution in [3.8, 4) is 5.75 Å². The molecule has 0 spiro atoms. The van der Waals surface area contributed by atoms with E-state index in [1.807, 2.05) is 11.0 Å². The zero-order chi connectivity index (χ0) is 13.1. The highest BCUT2D eigenvalue weighted by molar-refractivity contribution is 5.70. The number of benzene rings is 1. The Kier molecular flexibility index (Phi) is 3.84. The molecular weight excluding hydrogens is 234 g/mol. The van der Waals surface area contributed by atoms with Gasteiger partial charge in [0.15, 0.2) is 0 Å². The van der Waals surface area contributed by atoms with E-state index < -0.39 is 18.0 Å². The number of piperidine rings is 1. The van der Waals surface area contributed by atoms with Crippen molar-refractivity contribution in [2.45, 2.75) is 19.1 Å². The highest BCUT2D eigenvalue weighted by Crippen LogP contribution is 2.21. The fourth-order valence-electron chi connectivity index (χ4n) is 2.34. The number of carboxylic acids is 1. The van der Waals surface area contributed by atoms with Crippen LogP contribution >= 0.6 is 0 Å². The lowest BCUT2D eigenvalue weighted by atomic mass is 9.94. The predicted molar refractivity (Wildman–Crippen MR) is 65.1 cm³/mol. The third kappa shape index (κ3) is 3.00. The molecular formula is C13H17NO4. The summed E-state index contributed by atoms with van der Waals surface area (Å²) in [7, 11) is 0. The number of phenols is 1. The van der Waals surface area contributed by atoms with Crippen LogP contribution in [-0.2, 0) is 11.3 Å². The molecule has 1 heterocycles. The summed E-state index contributed by atoms with van der Waals surface area (Å²) in [5, 5.41) is 28.0. The minimum atomic E-state index is -0.931. The van der Waals surface area contributed by atoms with Gasteiger partial charge in [-0.3, -0.25) is 9.69 Å². The van der Waals surface area contributed by atoms with Crippen LogP contribution in [0.1, 0.15) is 12.0 Å². The molecule has 0 saturated carbocycles. The number of phenolic OH excluding ortho intramolecular Hbond substituents is 1. The maximum Gasteiger partial charge on any atom is 0.309 e. The van der Waals surface area contributed by atoms with E-state index in [-0.39, 0.29) is 5.75 Å². The van der Waals surface area contributed by atoms with E-state index in [2.05, 4.69) is 0 Å².